The van der Waals surface area contributed by atoms with Gasteiger partial charge in [-0.25, -0.2) is 0 Å². The summed E-state index contributed by atoms with van der Waals surface area (Å²) in [5.41, 5.74) is 5.38. The van der Waals surface area contributed by atoms with Crippen molar-refractivity contribution in [2.45, 2.75) is 65.6 Å². The van der Waals surface area contributed by atoms with E-state index >= 15 is 0 Å². The summed E-state index contributed by atoms with van der Waals surface area (Å²) < 4.78 is 11.2. The molecule has 4 heteroatoms. The van der Waals surface area contributed by atoms with E-state index in [2.05, 4.69) is 90.1 Å². The molecule has 0 unspecified atom stereocenters. The summed E-state index contributed by atoms with van der Waals surface area (Å²) in [6, 6.07) is 17.2. The molecule has 0 radical (unpaired) electrons. The summed E-state index contributed by atoms with van der Waals surface area (Å²) in [7, 11) is 0. The van der Waals surface area contributed by atoms with Gasteiger partial charge in [-0.3, -0.25) is 8.37 Å². The fourth-order valence-corrected chi connectivity index (χ4v) is 3.40. The highest BCUT2D eigenvalue weighted by atomic mass is 33.1. The monoisotopic (exact) mass is 390 g/mol. The van der Waals surface area contributed by atoms with Crippen molar-refractivity contribution in [2.75, 3.05) is 0 Å². The molecule has 0 bridgehead atoms. The van der Waals surface area contributed by atoms with Gasteiger partial charge >= 0.3 is 0 Å². The lowest BCUT2D eigenvalue weighted by atomic mass is 9.87. The zero-order valence-corrected chi connectivity index (χ0v) is 18.3. The summed E-state index contributed by atoms with van der Waals surface area (Å²) in [5.74, 6) is 0. The maximum absolute atomic E-state index is 5.60. The Bertz CT molecular complexity index is 604. The molecule has 2 aromatic carbocycles. The van der Waals surface area contributed by atoms with Crippen LogP contribution in [0.25, 0.3) is 0 Å². The second-order valence-electron chi connectivity index (χ2n) is 8.55. The largest absolute Gasteiger partial charge is 0.299 e. The van der Waals surface area contributed by atoms with Crippen LogP contribution in [0, 0.1) is 0 Å². The van der Waals surface area contributed by atoms with E-state index in [0.29, 0.717) is 13.2 Å². The van der Waals surface area contributed by atoms with Crippen LogP contribution in [0.5, 0.6) is 0 Å². The molecular weight excluding hydrogens is 360 g/mol. The van der Waals surface area contributed by atoms with Crippen LogP contribution in [0.4, 0.5) is 0 Å². The molecule has 0 aliphatic carbocycles. The van der Waals surface area contributed by atoms with Crippen molar-refractivity contribution < 1.29 is 8.37 Å². The maximum atomic E-state index is 5.60. The van der Waals surface area contributed by atoms with Gasteiger partial charge in [-0.05, 0) is 33.1 Å². The van der Waals surface area contributed by atoms with Crippen LogP contribution in [0.15, 0.2) is 48.5 Å². The number of hydrogen-bond acceptors (Lipinski definition) is 4. The minimum absolute atomic E-state index is 0.183. The van der Waals surface area contributed by atoms with Crippen molar-refractivity contribution in [3.63, 3.8) is 0 Å². The molecule has 0 aliphatic heterocycles. The Labute approximate surface area is 166 Å². The smallest absolute Gasteiger partial charge is 0.0928 e. The molecule has 0 atom stereocenters. The average molecular weight is 391 g/mol. The minimum atomic E-state index is 0.183. The number of benzene rings is 2. The van der Waals surface area contributed by atoms with E-state index in [1.807, 2.05) is 0 Å². The molecule has 142 valence electrons. The molecule has 0 spiro atoms. The first kappa shape index (κ1) is 21.4. The molecule has 0 saturated heterocycles. The Hall–Kier alpha value is -0.940. The summed E-state index contributed by atoms with van der Waals surface area (Å²) in [4.78, 5) is 0. The molecule has 2 nitrogen and oxygen atoms in total. The predicted octanol–water partition coefficient (Wildman–Crippen LogP) is 7.23. The molecule has 26 heavy (non-hydrogen) atoms. The minimum Gasteiger partial charge on any atom is -0.299 e. The van der Waals surface area contributed by atoms with E-state index in [0.717, 1.165) is 0 Å². The van der Waals surface area contributed by atoms with Gasteiger partial charge in [-0.2, -0.15) is 0 Å². The number of hydrogen-bond donors (Lipinski definition) is 0. The van der Waals surface area contributed by atoms with E-state index in [1.54, 1.807) is 0 Å². The quantitative estimate of drug-likeness (QED) is 0.282. The summed E-state index contributed by atoms with van der Waals surface area (Å²) in [6.45, 7) is 14.5. The van der Waals surface area contributed by atoms with E-state index in [4.69, 9.17) is 8.37 Å². The van der Waals surface area contributed by atoms with Gasteiger partial charge in [0, 0.05) is 0 Å². The van der Waals surface area contributed by atoms with Crippen molar-refractivity contribution >= 4 is 22.1 Å². The van der Waals surface area contributed by atoms with Gasteiger partial charge in [0.1, 0.15) is 0 Å². The van der Waals surface area contributed by atoms with Crippen molar-refractivity contribution in [3.05, 3.63) is 70.8 Å². The molecule has 0 heterocycles. The van der Waals surface area contributed by atoms with Gasteiger partial charge in [0.25, 0.3) is 0 Å². The fourth-order valence-electron chi connectivity index (χ4n) is 2.43. The van der Waals surface area contributed by atoms with E-state index < -0.39 is 0 Å². The zero-order valence-electron chi connectivity index (χ0n) is 16.7. The fraction of sp³-hybridized carbons (Fsp3) is 0.455. The van der Waals surface area contributed by atoms with Crippen molar-refractivity contribution in [1.29, 1.82) is 0 Å². The molecule has 0 N–H and O–H groups in total. The lowest BCUT2D eigenvalue weighted by Gasteiger charge is -2.19. The van der Waals surface area contributed by atoms with Gasteiger partial charge in [0.15, 0.2) is 0 Å². The molecule has 0 saturated carbocycles. The third-order valence-corrected chi connectivity index (χ3v) is 5.44. The molecule has 2 rings (SSSR count). The second-order valence-corrected chi connectivity index (χ2v) is 10.1. The third kappa shape index (κ3) is 6.99. The van der Waals surface area contributed by atoms with E-state index in [-0.39, 0.29) is 10.8 Å². The lowest BCUT2D eigenvalue weighted by molar-refractivity contribution is 0.356. The van der Waals surface area contributed by atoms with Crippen LogP contribution in [0.3, 0.4) is 0 Å². The topological polar surface area (TPSA) is 18.5 Å². The van der Waals surface area contributed by atoms with Crippen LogP contribution in [0.2, 0.25) is 0 Å². The Morgan fingerprint density at radius 2 is 0.885 bits per heavy atom. The Balaban J connectivity index is 1.65. The van der Waals surface area contributed by atoms with Gasteiger partial charge < -0.3 is 0 Å². The predicted molar refractivity (Wildman–Crippen MR) is 115 cm³/mol. The maximum Gasteiger partial charge on any atom is 0.0928 e. The van der Waals surface area contributed by atoms with Crippen LogP contribution < -0.4 is 0 Å². The summed E-state index contributed by atoms with van der Waals surface area (Å²) in [5, 5.41) is 0. The SMILES string of the molecule is CC(C)(C)c1ccc(COSSOCc2ccc(C(C)(C)C)cc2)cc1. The third-order valence-electron chi connectivity index (χ3n) is 4.22. The standard InChI is InChI=1S/C22H30O2S2/c1-21(2,3)19-11-7-17(8-12-19)15-23-25-26-24-16-18-9-13-20(14-10-18)22(4,5)6/h7-14H,15-16H2,1-6H3. The molecular formula is C22H30O2S2. The Morgan fingerprint density at radius 1 is 0.577 bits per heavy atom. The first-order valence-electron chi connectivity index (χ1n) is 8.93. The Morgan fingerprint density at radius 3 is 1.15 bits per heavy atom. The highest BCUT2D eigenvalue weighted by Crippen LogP contribution is 2.28. The molecule has 0 aliphatic rings. The highest BCUT2D eigenvalue weighted by molar-refractivity contribution is 8.73. The molecule has 0 aromatic heterocycles. The van der Waals surface area contributed by atoms with E-state index in [9.17, 15) is 0 Å². The highest BCUT2D eigenvalue weighted by Gasteiger charge is 2.13. The average Bonchev–Trinajstić information content (AvgIpc) is 2.57. The Kier molecular flexibility index (Phi) is 7.65. The van der Waals surface area contributed by atoms with E-state index in [1.165, 1.54) is 44.4 Å². The normalized spacial score (nSPS) is 12.4. The second kappa shape index (κ2) is 9.32. The van der Waals surface area contributed by atoms with Gasteiger partial charge in [-0.15, -0.1) is 0 Å². The summed E-state index contributed by atoms with van der Waals surface area (Å²) >= 11 is 2.56. The van der Waals surface area contributed by atoms with Crippen molar-refractivity contribution in [1.82, 2.24) is 0 Å². The van der Waals surface area contributed by atoms with Crippen LogP contribution in [-0.4, -0.2) is 0 Å². The first-order chi connectivity index (χ1) is 12.2. The molecule has 0 amide bonds. The van der Waals surface area contributed by atoms with Gasteiger partial charge in [0.2, 0.25) is 0 Å². The van der Waals surface area contributed by atoms with Crippen LogP contribution >= 0.6 is 22.1 Å². The summed E-state index contributed by atoms with van der Waals surface area (Å²) in [6.07, 6.45) is 0. The van der Waals surface area contributed by atoms with Gasteiger partial charge in [0.05, 0.1) is 35.4 Å². The van der Waals surface area contributed by atoms with Crippen LogP contribution in [-0.2, 0) is 32.4 Å². The molecule has 2 aromatic rings. The molecule has 0 fully saturated rings. The zero-order chi connectivity index (χ0) is 19.2. The van der Waals surface area contributed by atoms with Crippen molar-refractivity contribution in [2.24, 2.45) is 0 Å². The number of rotatable bonds is 7. The first-order valence-corrected chi connectivity index (χ1v) is 10.9. The van der Waals surface area contributed by atoms with Gasteiger partial charge in [-0.1, -0.05) is 90.1 Å². The van der Waals surface area contributed by atoms with Crippen LogP contribution in [0.1, 0.15) is 63.8 Å². The lowest BCUT2D eigenvalue weighted by Crippen LogP contribution is -2.10. The van der Waals surface area contributed by atoms with Crippen molar-refractivity contribution in [3.8, 4) is 0 Å².